The fourth-order valence-electron chi connectivity index (χ4n) is 1.27. The SMILES string of the molecule is Cc1cc(Br)oc1CC1(O)CC1. The molecule has 1 aliphatic rings. The molecule has 0 atom stereocenters. The third-order valence-electron chi connectivity index (χ3n) is 2.31. The predicted molar refractivity (Wildman–Crippen MR) is 49.0 cm³/mol. The van der Waals surface area contributed by atoms with Crippen molar-refractivity contribution in [2.45, 2.75) is 31.8 Å². The summed E-state index contributed by atoms with van der Waals surface area (Å²) in [7, 11) is 0. The molecule has 66 valence electrons. The Labute approximate surface area is 79.7 Å². The van der Waals surface area contributed by atoms with E-state index in [0.29, 0.717) is 6.42 Å². The van der Waals surface area contributed by atoms with E-state index in [4.69, 9.17) is 4.42 Å². The van der Waals surface area contributed by atoms with Gasteiger partial charge >= 0.3 is 0 Å². The van der Waals surface area contributed by atoms with Gasteiger partial charge in [0.05, 0.1) is 5.60 Å². The average molecular weight is 231 g/mol. The van der Waals surface area contributed by atoms with Gasteiger partial charge in [-0.15, -0.1) is 0 Å². The molecular formula is C9H11BrO2. The van der Waals surface area contributed by atoms with Crippen molar-refractivity contribution in [3.8, 4) is 0 Å². The number of rotatable bonds is 2. The first-order valence-corrected chi connectivity index (χ1v) is 4.86. The van der Waals surface area contributed by atoms with Gasteiger partial charge in [0.1, 0.15) is 5.76 Å². The normalized spacial score (nSPS) is 19.6. The van der Waals surface area contributed by atoms with Crippen LogP contribution in [0.1, 0.15) is 24.2 Å². The highest BCUT2D eigenvalue weighted by molar-refractivity contribution is 9.10. The Morgan fingerprint density at radius 2 is 2.33 bits per heavy atom. The standard InChI is InChI=1S/C9H11BrO2/c1-6-4-8(10)12-7(6)5-9(11)2-3-9/h4,11H,2-3,5H2,1H3. The molecule has 0 saturated heterocycles. The molecule has 1 heterocycles. The van der Waals surface area contributed by atoms with Crippen LogP contribution in [0.2, 0.25) is 0 Å². The smallest absolute Gasteiger partial charge is 0.169 e. The summed E-state index contributed by atoms with van der Waals surface area (Å²) < 4.78 is 6.14. The van der Waals surface area contributed by atoms with Crippen LogP contribution in [0.25, 0.3) is 0 Å². The lowest BCUT2D eigenvalue weighted by Gasteiger charge is -2.04. The zero-order valence-electron chi connectivity index (χ0n) is 6.93. The second kappa shape index (κ2) is 2.60. The third-order valence-corrected chi connectivity index (χ3v) is 2.70. The zero-order chi connectivity index (χ0) is 8.77. The van der Waals surface area contributed by atoms with Crippen molar-refractivity contribution in [3.63, 3.8) is 0 Å². The predicted octanol–water partition coefficient (Wildman–Crippen LogP) is 2.42. The highest BCUT2D eigenvalue weighted by Gasteiger charge is 2.41. The molecule has 1 aliphatic carbocycles. The van der Waals surface area contributed by atoms with Crippen LogP contribution in [0.15, 0.2) is 15.2 Å². The van der Waals surface area contributed by atoms with Gasteiger partial charge in [-0.2, -0.15) is 0 Å². The monoisotopic (exact) mass is 230 g/mol. The summed E-state index contributed by atoms with van der Waals surface area (Å²) in [5.41, 5.74) is 0.657. The van der Waals surface area contributed by atoms with Crippen LogP contribution in [0.5, 0.6) is 0 Å². The number of hydrogen-bond donors (Lipinski definition) is 1. The highest BCUT2D eigenvalue weighted by atomic mass is 79.9. The van der Waals surface area contributed by atoms with Gasteiger partial charge < -0.3 is 9.52 Å². The minimum absolute atomic E-state index is 0.456. The van der Waals surface area contributed by atoms with Gasteiger partial charge in [0, 0.05) is 6.42 Å². The Morgan fingerprint density at radius 1 is 1.67 bits per heavy atom. The first-order chi connectivity index (χ1) is 5.59. The zero-order valence-corrected chi connectivity index (χ0v) is 8.52. The lowest BCUT2D eigenvalue weighted by molar-refractivity contribution is 0.143. The Bertz CT molecular complexity index is 299. The largest absolute Gasteiger partial charge is 0.454 e. The summed E-state index contributed by atoms with van der Waals surface area (Å²) in [4.78, 5) is 0. The van der Waals surface area contributed by atoms with Crippen molar-refractivity contribution in [2.75, 3.05) is 0 Å². The summed E-state index contributed by atoms with van der Waals surface area (Å²) in [5, 5.41) is 9.64. The van der Waals surface area contributed by atoms with Crippen LogP contribution >= 0.6 is 15.9 Å². The molecule has 1 aromatic rings. The lowest BCUT2D eigenvalue weighted by Crippen LogP contribution is -2.10. The molecule has 1 fully saturated rings. The molecule has 1 aromatic heterocycles. The fourth-order valence-corrected chi connectivity index (χ4v) is 1.81. The van der Waals surface area contributed by atoms with Gasteiger partial charge in [-0.25, -0.2) is 0 Å². The van der Waals surface area contributed by atoms with Gasteiger partial charge in [0.25, 0.3) is 0 Å². The maximum Gasteiger partial charge on any atom is 0.169 e. The van der Waals surface area contributed by atoms with E-state index < -0.39 is 5.60 Å². The molecule has 0 unspecified atom stereocenters. The molecule has 0 amide bonds. The topological polar surface area (TPSA) is 33.4 Å². The molecule has 0 bridgehead atoms. The van der Waals surface area contributed by atoms with Crippen LogP contribution < -0.4 is 0 Å². The highest BCUT2D eigenvalue weighted by Crippen LogP contribution is 2.39. The first-order valence-electron chi connectivity index (χ1n) is 4.06. The van der Waals surface area contributed by atoms with Gasteiger partial charge in [-0.1, -0.05) is 0 Å². The Hall–Kier alpha value is -0.280. The lowest BCUT2D eigenvalue weighted by atomic mass is 10.1. The molecule has 0 aromatic carbocycles. The molecular weight excluding hydrogens is 220 g/mol. The number of halogens is 1. The van der Waals surface area contributed by atoms with Crippen LogP contribution in [0.3, 0.4) is 0 Å². The van der Waals surface area contributed by atoms with Gasteiger partial charge in [-0.3, -0.25) is 0 Å². The minimum Gasteiger partial charge on any atom is -0.454 e. The van der Waals surface area contributed by atoms with Crippen molar-refractivity contribution in [2.24, 2.45) is 0 Å². The summed E-state index contributed by atoms with van der Waals surface area (Å²) in [6.45, 7) is 2.00. The van der Waals surface area contributed by atoms with Crippen LogP contribution in [-0.4, -0.2) is 10.7 Å². The molecule has 2 nitrogen and oxygen atoms in total. The Morgan fingerprint density at radius 3 is 2.75 bits per heavy atom. The summed E-state index contributed by atoms with van der Waals surface area (Å²) in [6, 6.07) is 1.93. The summed E-state index contributed by atoms with van der Waals surface area (Å²) in [5.74, 6) is 0.905. The molecule has 1 saturated carbocycles. The molecule has 1 N–H and O–H groups in total. The van der Waals surface area contributed by atoms with Gasteiger partial charge in [-0.05, 0) is 47.3 Å². The van der Waals surface area contributed by atoms with Crippen molar-refractivity contribution in [1.29, 1.82) is 0 Å². The van der Waals surface area contributed by atoms with Crippen molar-refractivity contribution in [3.05, 3.63) is 22.1 Å². The van der Waals surface area contributed by atoms with Crippen LogP contribution in [-0.2, 0) is 6.42 Å². The quantitative estimate of drug-likeness (QED) is 0.847. The first kappa shape index (κ1) is 8.32. The van der Waals surface area contributed by atoms with E-state index in [-0.39, 0.29) is 0 Å². The van der Waals surface area contributed by atoms with E-state index in [1.165, 1.54) is 0 Å². The Balaban J connectivity index is 2.17. The summed E-state index contributed by atoms with van der Waals surface area (Å²) in [6.07, 6.45) is 2.47. The maximum absolute atomic E-state index is 9.64. The second-order valence-corrected chi connectivity index (χ2v) is 4.34. The van der Waals surface area contributed by atoms with E-state index >= 15 is 0 Å². The van der Waals surface area contributed by atoms with E-state index in [1.54, 1.807) is 0 Å². The molecule has 2 rings (SSSR count). The minimum atomic E-state index is -0.456. The second-order valence-electron chi connectivity index (χ2n) is 3.56. The van der Waals surface area contributed by atoms with Crippen molar-refractivity contribution in [1.82, 2.24) is 0 Å². The van der Waals surface area contributed by atoms with Crippen molar-refractivity contribution >= 4 is 15.9 Å². The maximum atomic E-state index is 9.64. The number of hydrogen-bond acceptors (Lipinski definition) is 2. The van der Waals surface area contributed by atoms with Crippen molar-refractivity contribution < 1.29 is 9.52 Å². The molecule has 0 aliphatic heterocycles. The van der Waals surface area contributed by atoms with Crippen LogP contribution in [0, 0.1) is 6.92 Å². The van der Waals surface area contributed by atoms with Gasteiger partial charge in [0.2, 0.25) is 0 Å². The van der Waals surface area contributed by atoms with Crippen LogP contribution in [0.4, 0.5) is 0 Å². The Kier molecular flexibility index (Phi) is 1.81. The van der Waals surface area contributed by atoms with Gasteiger partial charge in [0.15, 0.2) is 4.67 Å². The number of furan rings is 1. The van der Waals surface area contributed by atoms with E-state index in [2.05, 4.69) is 15.9 Å². The van der Waals surface area contributed by atoms with E-state index in [1.807, 2.05) is 13.0 Å². The fraction of sp³-hybridized carbons (Fsp3) is 0.556. The number of aryl methyl sites for hydroxylation is 1. The van der Waals surface area contributed by atoms with E-state index in [9.17, 15) is 5.11 Å². The third kappa shape index (κ3) is 1.57. The van der Waals surface area contributed by atoms with E-state index in [0.717, 1.165) is 28.8 Å². The average Bonchev–Trinajstić information content (AvgIpc) is 2.58. The molecule has 12 heavy (non-hydrogen) atoms. The summed E-state index contributed by atoms with van der Waals surface area (Å²) >= 11 is 3.26. The molecule has 0 radical (unpaired) electrons. The molecule has 0 spiro atoms. The molecule has 3 heteroatoms. The number of aliphatic hydroxyl groups is 1.